The van der Waals surface area contributed by atoms with Crippen molar-refractivity contribution in [1.29, 1.82) is 0 Å². The van der Waals surface area contributed by atoms with Crippen LogP contribution in [0.5, 0.6) is 0 Å². The Labute approximate surface area is 152 Å². The smallest absolute Gasteiger partial charge is 0.134 e. The van der Waals surface area contributed by atoms with Gasteiger partial charge in [-0.25, -0.2) is 0 Å². The quantitative estimate of drug-likeness (QED) is 0.555. The van der Waals surface area contributed by atoms with Crippen LogP contribution < -0.4 is 5.32 Å². The lowest BCUT2D eigenvalue weighted by Gasteiger charge is -2.12. The molecule has 24 heavy (non-hydrogen) atoms. The van der Waals surface area contributed by atoms with Crippen molar-refractivity contribution in [2.45, 2.75) is 32.4 Å². The van der Waals surface area contributed by atoms with Crippen molar-refractivity contribution in [1.82, 2.24) is 5.32 Å². The van der Waals surface area contributed by atoms with Gasteiger partial charge in [0.05, 0.1) is 6.54 Å². The van der Waals surface area contributed by atoms with Crippen molar-refractivity contribution >= 4 is 15.9 Å². The number of benzene rings is 2. The number of rotatable bonds is 7. The summed E-state index contributed by atoms with van der Waals surface area (Å²) in [5.74, 6) is 1.88. The molecule has 2 nitrogen and oxygen atoms in total. The van der Waals surface area contributed by atoms with Crippen LogP contribution in [0.3, 0.4) is 0 Å². The molecule has 1 aromatic heterocycles. The van der Waals surface area contributed by atoms with Gasteiger partial charge in [0.15, 0.2) is 0 Å². The van der Waals surface area contributed by atoms with Gasteiger partial charge < -0.3 is 9.73 Å². The summed E-state index contributed by atoms with van der Waals surface area (Å²) in [5, 5.41) is 3.54. The van der Waals surface area contributed by atoms with Crippen molar-refractivity contribution in [3.05, 3.63) is 82.5 Å². The second kappa shape index (κ2) is 8.32. The topological polar surface area (TPSA) is 25.2 Å². The van der Waals surface area contributed by atoms with Crippen LogP contribution in [0.25, 0.3) is 11.3 Å². The molecule has 0 aliphatic heterocycles. The highest BCUT2D eigenvalue weighted by molar-refractivity contribution is 9.10. The molecule has 124 valence electrons. The Morgan fingerprint density at radius 3 is 2.46 bits per heavy atom. The molecule has 1 atom stereocenters. The Morgan fingerprint density at radius 2 is 1.71 bits per heavy atom. The third kappa shape index (κ3) is 4.83. The summed E-state index contributed by atoms with van der Waals surface area (Å²) in [5.41, 5.74) is 2.49. The van der Waals surface area contributed by atoms with Crippen LogP contribution in [0.4, 0.5) is 0 Å². The Balaban J connectivity index is 1.49. The molecule has 0 amide bonds. The SMILES string of the molecule is CC(CCc1ccccc1)NCc1ccc(-c2ccc(Br)cc2)o1. The average Bonchev–Trinajstić information content (AvgIpc) is 3.09. The highest BCUT2D eigenvalue weighted by Gasteiger charge is 2.07. The maximum Gasteiger partial charge on any atom is 0.134 e. The lowest BCUT2D eigenvalue weighted by Crippen LogP contribution is -2.25. The van der Waals surface area contributed by atoms with Crippen LogP contribution in [-0.2, 0) is 13.0 Å². The lowest BCUT2D eigenvalue weighted by molar-refractivity contribution is 0.449. The molecule has 2 aromatic carbocycles. The molecule has 0 fully saturated rings. The maximum atomic E-state index is 5.94. The summed E-state index contributed by atoms with van der Waals surface area (Å²) in [6.07, 6.45) is 2.21. The van der Waals surface area contributed by atoms with Gasteiger partial charge in [0, 0.05) is 16.1 Å². The van der Waals surface area contributed by atoms with Gasteiger partial charge in [0.2, 0.25) is 0 Å². The van der Waals surface area contributed by atoms with Crippen LogP contribution in [0.15, 0.2) is 75.6 Å². The normalized spacial score (nSPS) is 12.2. The average molecular weight is 384 g/mol. The number of hydrogen-bond acceptors (Lipinski definition) is 2. The van der Waals surface area contributed by atoms with E-state index in [0.29, 0.717) is 6.04 Å². The van der Waals surface area contributed by atoms with Gasteiger partial charge in [-0.2, -0.15) is 0 Å². The van der Waals surface area contributed by atoms with E-state index in [0.717, 1.165) is 40.9 Å². The van der Waals surface area contributed by atoms with Crippen molar-refractivity contribution < 1.29 is 4.42 Å². The molecule has 0 aliphatic rings. The Hall–Kier alpha value is -1.84. The van der Waals surface area contributed by atoms with Gasteiger partial charge in [-0.1, -0.05) is 58.4 Å². The first kappa shape index (κ1) is 17.0. The van der Waals surface area contributed by atoms with Gasteiger partial charge in [-0.05, 0) is 49.6 Å². The van der Waals surface area contributed by atoms with E-state index in [1.807, 2.05) is 24.3 Å². The number of furan rings is 1. The summed E-state index contributed by atoms with van der Waals surface area (Å²) in [6, 6.07) is 23.3. The van der Waals surface area contributed by atoms with Crippen LogP contribution in [0, 0.1) is 0 Å². The summed E-state index contributed by atoms with van der Waals surface area (Å²) in [4.78, 5) is 0. The molecule has 1 heterocycles. The number of nitrogens with one attached hydrogen (secondary N) is 1. The molecule has 1 unspecified atom stereocenters. The Kier molecular flexibility index (Phi) is 5.89. The van der Waals surface area contributed by atoms with Gasteiger partial charge in [-0.15, -0.1) is 0 Å². The first-order chi connectivity index (χ1) is 11.7. The summed E-state index contributed by atoms with van der Waals surface area (Å²) in [7, 11) is 0. The van der Waals surface area contributed by atoms with Crippen molar-refractivity contribution in [3.63, 3.8) is 0 Å². The number of hydrogen-bond donors (Lipinski definition) is 1. The van der Waals surface area contributed by atoms with E-state index in [1.165, 1.54) is 5.56 Å². The van der Waals surface area contributed by atoms with E-state index in [4.69, 9.17) is 4.42 Å². The highest BCUT2D eigenvalue weighted by atomic mass is 79.9. The summed E-state index contributed by atoms with van der Waals surface area (Å²) in [6.45, 7) is 2.98. The predicted molar refractivity (Wildman–Crippen MR) is 103 cm³/mol. The number of aryl methyl sites for hydroxylation is 1. The summed E-state index contributed by atoms with van der Waals surface area (Å²) >= 11 is 3.45. The monoisotopic (exact) mass is 383 g/mol. The molecule has 1 N–H and O–H groups in total. The number of halogens is 1. The lowest BCUT2D eigenvalue weighted by atomic mass is 10.1. The van der Waals surface area contributed by atoms with E-state index >= 15 is 0 Å². The molecular weight excluding hydrogens is 362 g/mol. The largest absolute Gasteiger partial charge is 0.460 e. The van der Waals surface area contributed by atoms with Crippen LogP contribution in [0.2, 0.25) is 0 Å². The fraction of sp³-hybridized carbons (Fsp3) is 0.238. The molecule has 3 aromatic rings. The van der Waals surface area contributed by atoms with Gasteiger partial charge in [0.25, 0.3) is 0 Å². The minimum atomic E-state index is 0.450. The molecule has 3 heteroatoms. The van der Waals surface area contributed by atoms with Crippen molar-refractivity contribution in [2.75, 3.05) is 0 Å². The van der Waals surface area contributed by atoms with Crippen molar-refractivity contribution in [2.24, 2.45) is 0 Å². The van der Waals surface area contributed by atoms with Crippen molar-refractivity contribution in [3.8, 4) is 11.3 Å². The van der Waals surface area contributed by atoms with Crippen LogP contribution in [-0.4, -0.2) is 6.04 Å². The zero-order valence-electron chi connectivity index (χ0n) is 13.8. The second-order valence-electron chi connectivity index (χ2n) is 6.08. The Morgan fingerprint density at radius 1 is 0.958 bits per heavy atom. The molecule has 0 aliphatic carbocycles. The minimum absolute atomic E-state index is 0.450. The zero-order chi connectivity index (χ0) is 16.8. The highest BCUT2D eigenvalue weighted by Crippen LogP contribution is 2.24. The van der Waals surface area contributed by atoms with E-state index < -0.39 is 0 Å². The third-order valence-electron chi connectivity index (χ3n) is 4.12. The minimum Gasteiger partial charge on any atom is -0.460 e. The fourth-order valence-corrected chi connectivity index (χ4v) is 2.91. The van der Waals surface area contributed by atoms with Gasteiger partial charge >= 0.3 is 0 Å². The molecule has 3 rings (SSSR count). The molecule has 0 spiro atoms. The molecule has 0 radical (unpaired) electrons. The van der Waals surface area contributed by atoms with Gasteiger partial charge in [0.1, 0.15) is 11.5 Å². The van der Waals surface area contributed by atoms with E-state index in [2.05, 4.69) is 70.6 Å². The Bertz CT molecular complexity index is 749. The first-order valence-electron chi connectivity index (χ1n) is 8.32. The fourth-order valence-electron chi connectivity index (χ4n) is 2.65. The van der Waals surface area contributed by atoms with E-state index in [9.17, 15) is 0 Å². The van der Waals surface area contributed by atoms with E-state index in [1.54, 1.807) is 0 Å². The standard InChI is InChI=1S/C21H22BrNO/c1-16(7-8-17-5-3-2-4-6-17)23-15-20-13-14-21(24-20)18-9-11-19(22)12-10-18/h2-6,9-14,16,23H,7-8,15H2,1H3. The zero-order valence-corrected chi connectivity index (χ0v) is 15.4. The van der Waals surface area contributed by atoms with Gasteiger partial charge in [-0.3, -0.25) is 0 Å². The first-order valence-corrected chi connectivity index (χ1v) is 9.12. The summed E-state index contributed by atoms with van der Waals surface area (Å²) < 4.78 is 7.02. The van der Waals surface area contributed by atoms with E-state index in [-0.39, 0.29) is 0 Å². The van der Waals surface area contributed by atoms with Crippen LogP contribution in [0.1, 0.15) is 24.7 Å². The second-order valence-corrected chi connectivity index (χ2v) is 6.99. The third-order valence-corrected chi connectivity index (χ3v) is 4.65. The maximum absolute atomic E-state index is 5.94. The molecule has 0 saturated heterocycles. The van der Waals surface area contributed by atoms with Crippen LogP contribution >= 0.6 is 15.9 Å². The molecule has 0 saturated carbocycles. The molecular formula is C21H22BrNO. The molecule has 0 bridgehead atoms. The predicted octanol–water partition coefficient (Wildman–Crippen LogP) is 5.82.